The van der Waals surface area contributed by atoms with E-state index in [1.54, 1.807) is 0 Å². The molecule has 0 saturated heterocycles. The van der Waals surface area contributed by atoms with Crippen molar-refractivity contribution in [1.82, 2.24) is 0 Å². The first-order valence-electron chi connectivity index (χ1n) is 19.1. The Hall–Kier alpha value is -6.12. The van der Waals surface area contributed by atoms with Gasteiger partial charge >= 0.3 is 0 Å². The summed E-state index contributed by atoms with van der Waals surface area (Å²) in [5.74, 6) is 0.570. The Bertz CT molecular complexity index is 2820. The number of allylic oxidation sites excluding steroid dienone is 8. The lowest BCUT2D eigenvalue weighted by Crippen LogP contribution is -2.33. The van der Waals surface area contributed by atoms with E-state index in [4.69, 9.17) is 4.42 Å². The molecule has 53 heavy (non-hydrogen) atoms. The second-order valence-corrected chi connectivity index (χ2v) is 14.8. The summed E-state index contributed by atoms with van der Waals surface area (Å²) in [4.78, 5) is 2.53. The van der Waals surface area contributed by atoms with Gasteiger partial charge in [-0.15, -0.1) is 0 Å². The lowest BCUT2D eigenvalue weighted by Gasteiger charge is -2.30. The summed E-state index contributed by atoms with van der Waals surface area (Å²) >= 11 is 0. The summed E-state index contributed by atoms with van der Waals surface area (Å²) in [7, 11) is 0. The van der Waals surface area contributed by atoms with Crippen molar-refractivity contribution in [2.75, 3.05) is 4.90 Å². The molecule has 3 aliphatic rings. The van der Waals surface area contributed by atoms with Crippen molar-refractivity contribution < 1.29 is 4.42 Å². The zero-order valence-electron chi connectivity index (χ0n) is 30.1. The van der Waals surface area contributed by atoms with Crippen molar-refractivity contribution in [1.29, 1.82) is 0 Å². The Balaban J connectivity index is 1.21. The summed E-state index contributed by atoms with van der Waals surface area (Å²) in [5.41, 5.74) is 13.4. The van der Waals surface area contributed by atoms with E-state index in [1.165, 1.54) is 76.9 Å². The third-order valence-corrected chi connectivity index (χ3v) is 11.3. The number of hydrogen-bond acceptors (Lipinski definition) is 2. The molecular weight excluding hydrogens is 643 g/mol. The molecule has 0 fully saturated rings. The van der Waals surface area contributed by atoms with Gasteiger partial charge in [-0.25, -0.2) is 0 Å². The third-order valence-electron chi connectivity index (χ3n) is 11.3. The molecule has 0 saturated carbocycles. The minimum atomic E-state index is 0.570. The largest absolute Gasteiger partial charge is 0.456 e. The molecule has 1 unspecified atom stereocenters. The molecule has 7 aromatic rings. The van der Waals surface area contributed by atoms with Crippen molar-refractivity contribution in [2.45, 2.75) is 39.0 Å². The van der Waals surface area contributed by atoms with E-state index in [-0.39, 0.29) is 0 Å². The molecule has 3 aliphatic carbocycles. The van der Waals surface area contributed by atoms with Crippen LogP contribution in [0, 0.1) is 5.92 Å². The average Bonchev–Trinajstić information content (AvgIpc) is 3.61. The minimum absolute atomic E-state index is 0.570. The Labute approximate surface area is 310 Å². The smallest absolute Gasteiger partial charge is 0.143 e. The predicted octanol–water partition coefficient (Wildman–Crippen LogP) is 12.6. The first-order valence-corrected chi connectivity index (χ1v) is 19.1. The Morgan fingerprint density at radius 1 is 0.623 bits per heavy atom. The van der Waals surface area contributed by atoms with Crippen LogP contribution in [0.15, 0.2) is 162 Å². The lowest BCUT2D eigenvalue weighted by molar-refractivity contribution is 0.573. The minimum Gasteiger partial charge on any atom is -0.456 e. The van der Waals surface area contributed by atoms with E-state index in [0.717, 1.165) is 48.8 Å². The summed E-state index contributed by atoms with van der Waals surface area (Å²) in [5, 5.41) is 7.29. The van der Waals surface area contributed by atoms with Gasteiger partial charge in [0.05, 0.1) is 5.69 Å². The normalized spacial score (nSPS) is 16.8. The number of rotatable bonds is 6. The summed E-state index contributed by atoms with van der Waals surface area (Å²) in [6.07, 6.45) is 20.8. The van der Waals surface area contributed by atoms with Crippen LogP contribution >= 0.6 is 0 Å². The van der Waals surface area contributed by atoms with Crippen LogP contribution in [-0.2, 0) is 0 Å². The Morgan fingerprint density at radius 2 is 1.40 bits per heavy atom. The zero-order valence-corrected chi connectivity index (χ0v) is 30.1. The average molecular weight is 684 g/mol. The van der Waals surface area contributed by atoms with Crippen molar-refractivity contribution in [3.8, 4) is 11.1 Å². The highest BCUT2D eigenvalue weighted by Gasteiger charge is 2.24. The van der Waals surface area contributed by atoms with Gasteiger partial charge in [0.1, 0.15) is 11.0 Å². The summed E-state index contributed by atoms with van der Waals surface area (Å²) in [6, 6.07) is 44.9. The molecule has 0 spiro atoms. The molecule has 256 valence electrons. The van der Waals surface area contributed by atoms with Crippen LogP contribution in [0.4, 0.5) is 11.4 Å². The van der Waals surface area contributed by atoms with Gasteiger partial charge in [0.2, 0.25) is 0 Å². The number of anilines is 2. The first-order chi connectivity index (χ1) is 26.2. The molecule has 1 heterocycles. The van der Waals surface area contributed by atoms with Gasteiger partial charge in [-0.1, -0.05) is 140 Å². The van der Waals surface area contributed by atoms with E-state index < -0.39 is 0 Å². The van der Waals surface area contributed by atoms with Gasteiger partial charge in [0, 0.05) is 32.8 Å². The Kier molecular flexibility index (Phi) is 7.83. The maximum Gasteiger partial charge on any atom is 0.143 e. The van der Waals surface area contributed by atoms with Gasteiger partial charge in [-0.05, 0) is 113 Å². The molecule has 0 amide bonds. The van der Waals surface area contributed by atoms with Crippen LogP contribution < -0.4 is 15.5 Å². The van der Waals surface area contributed by atoms with Crippen LogP contribution in [0.3, 0.4) is 0 Å². The monoisotopic (exact) mass is 683 g/mol. The molecule has 0 radical (unpaired) electrons. The van der Waals surface area contributed by atoms with Crippen molar-refractivity contribution in [2.24, 2.45) is 5.92 Å². The highest BCUT2D eigenvalue weighted by molar-refractivity contribution is 6.11. The van der Waals surface area contributed by atoms with Gasteiger partial charge in [0.15, 0.2) is 0 Å². The SMILES string of the molecule is CC1C=CC=C(c2ccc(-c3cccc(N(C4=c5c(oc6c5cc(C5=CC=CCC5)c5ccccc56)=CCC4)c4cccc5ccccc45)c3)cc2)C1. The summed E-state index contributed by atoms with van der Waals surface area (Å²) in [6.45, 7) is 2.29. The highest BCUT2D eigenvalue weighted by atomic mass is 16.3. The van der Waals surface area contributed by atoms with Crippen molar-refractivity contribution in [3.63, 3.8) is 0 Å². The van der Waals surface area contributed by atoms with Gasteiger partial charge in [-0.2, -0.15) is 0 Å². The van der Waals surface area contributed by atoms with Crippen molar-refractivity contribution >= 4 is 66.8 Å². The van der Waals surface area contributed by atoms with Crippen molar-refractivity contribution in [3.05, 3.63) is 180 Å². The van der Waals surface area contributed by atoms with Gasteiger partial charge in [0.25, 0.3) is 0 Å². The van der Waals surface area contributed by atoms with Crippen LogP contribution in [0.2, 0.25) is 0 Å². The molecule has 2 heteroatoms. The van der Waals surface area contributed by atoms with Crippen LogP contribution in [-0.4, -0.2) is 0 Å². The number of hydrogen-bond donors (Lipinski definition) is 0. The first kappa shape index (κ1) is 31.6. The van der Waals surface area contributed by atoms with E-state index in [0.29, 0.717) is 5.92 Å². The topological polar surface area (TPSA) is 16.4 Å². The molecule has 10 rings (SSSR count). The standard InChI is InChI=1S/C51H41NO/c1-34-13-9-18-39(31-34)35-27-29-36(30-28-35)40-19-10-20-41(32-40)52(47-24-11-17-37-16-5-6-21-42(37)47)48-25-12-26-49-50(48)46-33-45(38-14-3-2-4-15-38)43-22-7-8-23-44(43)51(46)53-49/h2-3,5-11,13-14,16-24,26-30,32-34H,4,12,15,25,31H2,1H3. The van der Waals surface area contributed by atoms with E-state index in [1.807, 2.05) is 0 Å². The highest BCUT2D eigenvalue weighted by Crippen LogP contribution is 2.41. The number of fused-ring (bicyclic) bond motifs is 6. The van der Waals surface area contributed by atoms with Gasteiger partial charge in [-0.3, -0.25) is 0 Å². The zero-order chi connectivity index (χ0) is 35.3. The van der Waals surface area contributed by atoms with Gasteiger partial charge < -0.3 is 9.32 Å². The molecule has 2 nitrogen and oxygen atoms in total. The second kappa shape index (κ2) is 13.1. The number of furan rings is 1. The molecular formula is C51H41NO. The molecule has 0 N–H and O–H groups in total. The number of nitrogens with zero attached hydrogens (tertiary/aromatic N) is 1. The number of benzene rings is 6. The third kappa shape index (κ3) is 5.57. The van der Waals surface area contributed by atoms with Crippen LogP contribution in [0.5, 0.6) is 0 Å². The molecule has 6 aromatic carbocycles. The maximum absolute atomic E-state index is 6.90. The van der Waals surface area contributed by atoms with Crippen LogP contribution in [0.25, 0.3) is 66.6 Å². The fourth-order valence-electron chi connectivity index (χ4n) is 8.76. The van der Waals surface area contributed by atoms with E-state index in [2.05, 4.69) is 176 Å². The summed E-state index contributed by atoms with van der Waals surface area (Å²) < 4.78 is 6.90. The second-order valence-electron chi connectivity index (χ2n) is 14.8. The lowest BCUT2D eigenvalue weighted by atomic mass is 9.90. The Morgan fingerprint density at radius 3 is 2.25 bits per heavy atom. The maximum atomic E-state index is 6.90. The quantitative estimate of drug-likeness (QED) is 0.173. The van der Waals surface area contributed by atoms with E-state index >= 15 is 0 Å². The molecule has 0 bridgehead atoms. The fourth-order valence-corrected chi connectivity index (χ4v) is 8.76. The molecule has 1 atom stereocenters. The van der Waals surface area contributed by atoms with Crippen LogP contribution in [0.1, 0.15) is 50.2 Å². The van der Waals surface area contributed by atoms with E-state index in [9.17, 15) is 0 Å². The fraction of sp³-hybridized carbons (Fsp3) is 0.137. The molecule has 0 aliphatic heterocycles. The predicted molar refractivity (Wildman–Crippen MR) is 225 cm³/mol. The molecule has 1 aromatic heterocycles.